The first-order valence-electron chi connectivity index (χ1n) is 9.56. The summed E-state index contributed by atoms with van der Waals surface area (Å²) in [5.74, 6) is 0.582. The van der Waals surface area contributed by atoms with Crippen LogP contribution in [0.15, 0.2) is 48.5 Å². The van der Waals surface area contributed by atoms with E-state index in [0.717, 1.165) is 51.4 Å². The van der Waals surface area contributed by atoms with Crippen molar-refractivity contribution >= 4 is 28.7 Å². The molecule has 1 fully saturated rings. The van der Waals surface area contributed by atoms with Gasteiger partial charge in [0.1, 0.15) is 11.6 Å². The summed E-state index contributed by atoms with van der Waals surface area (Å²) in [7, 11) is 1.69. The molecule has 2 aromatic rings. The molecule has 0 spiro atoms. The molecule has 7 heteroatoms. The summed E-state index contributed by atoms with van der Waals surface area (Å²) in [4.78, 5) is 4.87. The smallest absolute Gasteiger partial charge is 0.170 e. The van der Waals surface area contributed by atoms with Crippen LogP contribution in [0.2, 0.25) is 0 Å². The molecule has 2 N–H and O–H groups in total. The number of piperazine rings is 1. The first-order valence-corrected chi connectivity index (χ1v) is 9.97. The number of benzene rings is 2. The molecule has 2 aromatic carbocycles. The molecule has 1 aliphatic rings. The van der Waals surface area contributed by atoms with Gasteiger partial charge in [-0.2, -0.15) is 0 Å². The van der Waals surface area contributed by atoms with Crippen molar-refractivity contribution in [2.45, 2.75) is 6.42 Å². The lowest BCUT2D eigenvalue weighted by atomic mass is 10.2. The predicted octanol–water partition coefficient (Wildman–Crippen LogP) is 3.33. The molecule has 0 bridgehead atoms. The Morgan fingerprint density at radius 3 is 2.46 bits per heavy atom. The van der Waals surface area contributed by atoms with Crippen LogP contribution < -0.4 is 20.3 Å². The van der Waals surface area contributed by atoms with E-state index in [4.69, 9.17) is 17.0 Å². The second-order valence-corrected chi connectivity index (χ2v) is 7.15. The van der Waals surface area contributed by atoms with E-state index >= 15 is 0 Å². The predicted molar refractivity (Wildman–Crippen MR) is 117 cm³/mol. The van der Waals surface area contributed by atoms with Crippen molar-refractivity contribution in [1.29, 1.82) is 0 Å². The van der Waals surface area contributed by atoms with E-state index in [1.807, 2.05) is 12.1 Å². The number of rotatable bonds is 7. The van der Waals surface area contributed by atoms with Crippen molar-refractivity contribution < 1.29 is 9.13 Å². The Morgan fingerprint density at radius 1 is 1.07 bits per heavy atom. The second kappa shape index (κ2) is 10.2. The highest BCUT2D eigenvalue weighted by molar-refractivity contribution is 7.80. The molecule has 28 heavy (non-hydrogen) atoms. The van der Waals surface area contributed by atoms with Crippen LogP contribution in [0.4, 0.5) is 15.8 Å². The van der Waals surface area contributed by atoms with E-state index < -0.39 is 0 Å². The van der Waals surface area contributed by atoms with E-state index in [0.29, 0.717) is 10.8 Å². The molecule has 0 radical (unpaired) electrons. The Morgan fingerprint density at radius 2 is 1.79 bits per heavy atom. The van der Waals surface area contributed by atoms with E-state index in [9.17, 15) is 4.39 Å². The molecule has 0 aliphatic carbocycles. The van der Waals surface area contributed by atoms with Gasteiger partial charge in [0.25, 0.3) is 0 Å². The molecule has 3 rings (SSSR count). The Labute approximate surface area is 171 Å². The zero-order valence-corrected chi connectivity index (χ0v) is 17.0. The highest BCUT2D eigenvalue weighted by atomic mass is 32.1. The monoisotopic (exact) mass is 402 g/mol. The highest BCUT2D eigenvalue weighted by Gasteiger charge is 2.16. The fourth-order valence-corrected chi connectivity index (χ4v) is 3.47. The second-order valence-electron chi connectivity index (χ2n) is 6.74. The summed E-state index contributed by atoms with van der Waals surface area (Å²) in [5, 5.41) is 6.50. The molecular formula is C21H27FN4OS. The minimum Gasteiger partial charge on any atom is -0.497 e. The number of anilines is 2. The van der Waals surface area contributed by atoms with Crippen LogP contribution in [0.25, 0.3) is 0 Å². The third-order valence-electron chi connectivity index (χ3n) is 4.87. The number of hydrogen-bond donors (Lipinski definition) is 2. The summed E-state index contributed by atoms with van der Waals surface area (Å²) < 4.78 is 18.8. The minimum absolute atomic E-state index is 0.304. The lowest BCUT2D eigenvalue weighted by molar-refractivity contribution is 0.255. The van der Waals surface area contributed by atoms with Gasteiger partial charge in [-0.3, -0.25) is 4.90 Å². The standard InChI is InChI=1S/C21H27FN4OS/c1-27-18-9-7-17(8-10-18)26-15-13-25(14-16-26)12-4-11-23-21(28)24-20-6-3-2-5-19(20)22/h2-3,5-10H,4,11-16H2,1H3,(H2,23,24,28). The molecule has 0 saturated carbocycles. The zero-order chi connectivity index (χ0) is 19.8. The molecule has 0 unspecified atom stereocenters. The summed E-state index contributed by atoms with van der Waals surface area (Å²) >= 11 is 5.23. The summed E-state index contributed by atoms with van der Waals surface area (Å²) in [6.07, 6.45) is 0.988. The van der Waals surface area contributed by atoms with Gasteiger partial charge in [-0.1, -0.05) is 12.1 Å². The number of thiocarbonyl (C=S) groups is 1. The first kappa shape index (κ1) is 20.4. The summed E-state index contributed by atoms with van der Waals surface area (Å²) in [6.45, 7) is 5.92. The molecular weight excluding hydrogens is 375 g/mol. The van der Waals surface area contributed by atoms with Gasteiger partial charge in [-0.25, -0.2) is 4.39 Å². The summed E-state index contributed by atoms with van der Waals surface area (Å²) in [6, 6.07) is 14.8. The third kappa shape index (κ3) is 5.81. The highest BCUT2D eigenvalue weighted by Crippen LogP contribution is 2.20. The van der Waals surface area contributed by atoms with Crippen LogP contribution in [-0.4, -0.2) is 56.4 Å². The van der Waals surface area contributed by atoms with Crippen molar-refractivity contribution in [3.63, 3.8) is 0 Å². The van der Waals surface area contributed by atoms with Gasteiger partial charge in [0.05, 0.1) is 12.8 Å². The van der Waals surface area contributed by atoms with Crippen LogP contribution >= 0.6 is 12.2 Å². The van der Waals surface area contributed by atoms with Gasteiger partial charge in [0, 0.05) is 38.4 Å². The van der Waals surface area contributed by atoms with Crippen molar-refractivity contribution in [3.8, 4) is 5.75 Å². The number of ether oxygens (including phenoxy) is 1. The molecule has 5 nitrogen and oxygen atoms in total. The molecule has 1 aliphatic heterocycles. The van der Waals surface area contributed by atoms with E-state index in [-0.39, 0.29) is 5.82 Å². The lowest BCUT2D eigenvalue weighted by Gasteiger charge is -2.36. The number of methoxy groups -OCH3 is 1. The number of nitrogens with zero attached hydrogens (tertiary/aromatic N) is 2. The third-order valence-corrected chi connectivity index (χ3v) is 5.11. The zero-order valence-electron chi connectivity index (χ0n) is 16.2. The maximum Gasteiger partial charge on any atom is 0.170 e. The van der Waals surface area contributed by atoms with Crippen molar-refractivity contribution in [3.05, 3.63) is 54.3 Å². The quantitative estimate of drug-likeness (QED) is 0.547. The Bertz CT molecular complexity index is 763. The SMILES string of the molecule is COc1ccc(N2CCN(CCCNC(=S)Nc3ccccc3F)CC2)cc1. The Kier molecular flexibility index (Phi) is 7.45. The molecule has 150 valence electrons. The van der Waals surface area contributed by atoms with Gasteiger partial charge in [-0.15, -0.1) is 0 Å². The Hall–Kier alpha value is -2.38. The van der Waals surface area contributed by atoms with Crippen LogP contribution in [0.3, 0.4) is 0 Å². The topological polar surface area (TPSA) is 39.8 Å². The van der Waals surface area contributed by atoms with Crippen molar-refractivity contribution in [2.24, 2.45) is 0 Å². The van der Waals surface area contributed by atoms with Crippen molar-refractivity contribution in [1.82, 2.24) is 10.2 Å². The maximum absolute atomic E-state index is 13.6. The fourth-order valence-electron chi connectivity index (χ4n) is 3.26. The molecule has 1 saturated heterocycles. The number of nitrogens with one attached hydrogen (secondary N) is 2. The molecule has 0 atom stereocenters. The van der Waals surface area contributed by atoms with Gasteiger partial charge < -0.3 is 20.3 Å². The van der Waals surface area contributed by atoms with E-state index in [1.54, 1.807) is 25.3 Å². The molecule has 0 aromatic heterocycles. The van der Waals surface area contributed by atoms with Gasteiger partial charge >= 0.3 is 0 Å². The number of hydrogen-bond acceptors (Lipinski definition) is 4. The number of para-hydroxylation sites is 1. The summed E-state index contributed by atoms with van der Waals surface area (Å²) in [5.41, 5.74) is 1.64. The first-order chi connectivity index (χ1) is 13.7. The fraction of sp³-hybridized carbons (Fsp3) is 0.381. The van der Waals surface area contributed by atoms with E-state index in [1.165, 1.54) is 11.8 Å². The Balaban J connectivity index is 1.32. The lowest BCUT2D eigenvalue weighted by Crippen LogP contribution is -2.47. The average molecular weight is 403 g/mol. The number of halogens is 1. The largest absolute Gasteiger partial charge is 0.497 e. The molecule has 1 heterocycles. The normalized spacial score (nSPS) is 14.6. The van der Waals surface area contributed by atoms with Crippen LogP contribution in [0, 0.1) is 5.82 Å². The molecule has 0 amide bonds. The van der Waals surface area contributed by atoms with Gasteiger partial charge in [-0.05, 0) is 61.6 Å². The minimum atomic E-state index is -0.304. The maximum atomic E-state index is 13.6. The van der Waals surface area contributed by atoms with Crippen LogP contribution in [0.1, 0.15) is 6.42 Å². The van der Waals surface area contributed by atoms with E-state index in [2.05, 4.69) is 32.6 Å². The van der Waals surface area contributed by atoms with Crippen molar-refractivity contribution in [2.75, 3.05) is 56.6 Å². The van der Waals surface area contributed by atoms with Gasteiger partial charge in [0.15, 0.2) is 5.11 Å². The van der Waals surface area contributed by atoms with Crippen LogP contribution in [0.5, 0.6) is 5.75 Å². The van der Waals surface area contributed by atoms with Gasteiger partial charge in [0.2, 0.25) is 0 Å². The average Bonchev–Trinajstić information content (AvgIpc) is 2.73. The van der Waals surface area contributed by atoms with Crippen LogP contribution in [-0.2, 0) is 0 Å².